The average Bonchev–Trinajstić information content (AvgIpc) is 3.06. The van der Waals surface area contributed by atoms with Crippen LogP contribution in [0, 0.1) is 13.8 Å². The van der Waals surface area contributed by atoms with E-state index in [-0.39, 0.29) is 10.8 Å². The van der Waals surface area contributed by atoms with Crippen LogP contribution in [-0.2, 0) is 10.8 Å². The lowest BCUT2D eigenvalue weighted by atomic mass is 9.77. The van der Waals surface area contributed by atoms with Crippen LogP contribution in [-0.4, -0.2) is 0 Å². The molecule has 0 saturated carbocycles. The Hall–Kier alpha value is -5.14. The number of benzene rings is 7. The minimum atomic E-state index is 0.108. The molecule has 0 fully saturated rings. The molecule has 1 aliphatic carbocycles. The summed E-state index contributed by atoms with van der Waals surface area (Å²) in [4.78, 5) is 2.40. The van der Waals surface area contributed by atoms with Gasteiger partial charge in [0.15, 0.2) is 0 Å². The van der Waals surface area contributed by atoms with Gasteiger partial charge in [0.05, 0.1) is 0 Å². The number of fused-ring (bicyclic) bond motifs is 6. The maximum atomic E-state index is 2.40. The van der Waals surface area contributed by atoms with E-state index in [0.29, 0.717) is 0 Å². The Balaban J connectivity index is 1.17. The van der Waals surface area contributed by atoms with E-state index in [1.165, 1.54) is 94.2 Å². The summed E-state index contributed by atoms with van der Waals surface area (Å²) in [5, 5.41) is 5.10. The Bertz CT molecular complexity index is 2370. The lowest BCUT2D eigenvalue weighted by molar-refractivity contribution is 0.590. The normalized spacial score (nSPS) is 12.5. The molecule has 0 aromatic heterocycles. The summed E-state index contributed by atoms with van der Waals surface area (Å²) in [5.41, 5.74) is 16.9. The van der Waals surface area contributed by atoms with Crippen LogP contribution in [0.5, 0.6) is 0 Å². The second kappa shape index (κ2) is 11.2. The first-order valence-electron chi connectivity index (χ1n) is 17.6. The highest BCUT2D eigenvalue weighted by molar-refractivity contribution is 6.12. The largest absolute Gasteiger partial charge is 0.310 e. The van der Waals surface area contributed by atoms with Gasteiger partial charge in [-0.3, -0.25) is 0 Å². The fraction of sp³-hybridized carbons (Fsp3) is 0.208. The molecule has 7 aromatic carbocycles. The monoisotopic (exact) mass is 635 g/mol. The molecule has 242 valence electrons. The fourth-order valence-corrected chi connectivity index (χ4v) is 7.53. The van der Waals surface area contributed by atoms with Crippen molar-refractivity contribution in [1.82, 2.24) is 0 Å². The Labute approximate surface area is 291 Å². The molecule has 0 N–H and O–H groups in total. The van der Waals surface area contributed by atoms with Crippen LogP contribution in [0.1, 0.15) is 63.8 Å². The molecule has 0 amide bonds. The van der Waals surface area contributed by atoms with E-state index in [1.807, 2.05) is 0 Å². The highest BCUT2D eigenvalue weighted by atomic mass is 15.1. The number of aryl methyl sites for hydroxylation is 2. The van der Waals surface area contributed by atoms with Crippen molar-refractivity contribution in [3.8, 4) is 33.4 Å². The summed E-state index contributed by atoms with van der Waals surface area (Å²) in [5.74, 6) is 0. The SMILES string of the molecule is Cc1cc(C)cc(N(c2ccc(C(C)(C)C)cc2)c2ccc3cc4c(cc3c2)-c2cc3ccc(-c5ccc(C(C)(C)C)cc5)cc3cc2-4)c1. The smallest absolute Gasteiger partial charge is 0.0468 e. The molecule has 0 unspecified atom stereocenters. The van der Waals surface area contributed by atoms with Crippen LogP contribution >= 0.6 is 0 Å². The average molecular weight is 636 g/mol. The summed E-state index contributed by atoms with van der Waals surface area (Å²) in [6.45, 7) is 18.0. The van der Waals surface area contributed by atoms with Gasteiger partial charge in [0.25, 0.3) is 0 Å². The third-order valence-electron chi connectivity index (χ3n) is 10.3. The first-order chi connectivity index (χ1) is 23.3. The molecular formula is C48H45N. The van der Waals surface area contributed by atoms with Crippen LogP contribution in [0.2, 0.25) is 0 Å². The first kappa shape index (κ1) is 31.1. The molecule has 7 aromatic rings. The minimum absolute atomic E-state index is 0.108. The number of anilines is 3. The molecular weight excluding hydrogens is 591 g/mol. The fourth-order valence-electron chi connectivity index (χ4n) is 7.53. The summed E-state index contributed by atoms with van der Waals surface area (Å²) >= 11 is 0. The van der Waals surface area contributed by atoms with Crippen molar-refractivity contribution >= 4 is 38.6 Å². The second-order valence-electron chi connectivity index (χ2n) is 16.2. The van der Waals surface area contributed by atoms with Gasteiger partial charge in [0, 0.05) is 17.1 Å². The Morgan fingerprint density at radius 1 is 0.347 bits per heavy atom. The molecule has 0 radical (unpaired) electrons. The summed E-state index contributed by atoms with van der Waals surface area (Å²) in [6.07, 6.45) is 0. The molecule has 1 aliphatic rings. The second-order valence-corrected chi connectivity index (χ2v) is 16.2. The topological polar surface area (TPSA) is 3.24 Å². The maximum absolute atomic E-state index is 2.40. The predicted octanol–water partition coefficient (Wildman–Crippen LogP) is 14.0. The van der Waals surface area contributed by atoms with Crippen molar-refractivity contribution < 1.29 is 0 Å². The zero-order valence-electron chi connectivity index (χ0n) is 30.1. The zero-order chi connectivity index (χ0) is 34.2. The van der Waals surface area contributed by atoms with Crippen molar-refractivity contribution in [3.05, 3.63) is 150 Å². The number of hydrogen-bond acceptors (Lipinski definition) is 1. The lowest BCUT2D eigenvalue weighted by Crippen LogP contribution is -2.13. The molecule has 0 atom stereocenters. The van der Waals surface area contributed by atoms with Crippen LogP contribution in [0.15, 0.2) is 127 Å². The number of nitrogens with zero attached hydrogens (tertiary/aromatic N) is 1. The molecule has 0 heterocycles. The van der Waals surface area contributed by atoms with Crippen LogP contribution in [0.3, 0.4) is 0 Å². The quantitative estimate of drug-likeness (QED) is 0.186. The van der Waals surface area contributed by atoms with Crippen molar-refractivity contribution in [1.29, 1.82) is 0 Å². The highest BCUT2D eigenvalue weighted by Crippen LogP contribution is 2.51. The van der Waals surface area contributed by atoms with Gasteiger partial charge in [-0.15, -0.1) is 0 Å². The van der Waals surface area contributed by atoms with Gasteiger partial charge in [0.2, 0.25) is 0 Å². The van der Waals surface area contributed by atoms with Gasteiger partial charge < -0.3 is 4.90 Å². The molecule has 0 saturated heterocycles. The molecule has 0 spiro atoms. The summed E-state index contributed by atoms with van der Waals surface area (Å²) in [6, 6.07) is 48.4. The Kier molecular flexibility index (Phi) is 7.12. The Morgan fingerprint density at radius 2 is 0.776 bits per heavy atom. The van der Waals surface area contributed by atoms with E-state index in [0.717, 1.165) is 0 Å². The molecule has 8 rings (SSSR count). The molecule has 49 heavy (non-hydrogen) atoms. The van der Waals surface area contributed by atoms with Gasteiger partial charge in [-0.2, -0.15) is 0 Å². The van der Waals surface area contributed by atoms with Crippen molar-refractivity contribution in [2.24, 2.45) is 0 Å². The van der Waals surface area contributed by atoms with Crippen LogP contribution in [0.25, 0.3) is 54.9 Å². The van der Waals surface area contributed by atoms with Crippen LogP contribution in [0.4, 0.5) is 17.1 Å². The highest BCUT2D eigenvalue weighted by Gasteiger charge is 2.25. The third-order valence-corrected chi connectivity index (χ3v) is 10.3. The van der Waals surface area contributed by atoms with Crippen LogP contribution < -0.4 is 4.90 Å². The molecule has 1 heteroatoms. The van der Waals surface area contributed by atoms with Gasteiger partial charge in [0.1, 0.15) is 0 Å². The summed E-state index contributed by atoms with van der Waals surface area (Å²) < 4.78 is 0. The molecule has 1 nitrogen and oxygen atoms in total. The van der Waals surface area contributed by atoms with E-state index in [4.69, 9.17) is 0 Å². The van der Waals surface area contributed by atoms with Gasteiger partial charge in [-0.05, 0) is 169 Å². The van der Waals surface area contributed by atoms with Crippen molar-refractivity contribution in [2.45, 2.75) is 66.2 Å². The molecule has 0 aliphatic heterocycles. The zero-order valence-corrected chi connectivity index (χ0v) is 30.1. The van der Waals surface area contributed by atoms with E-state index >= 15 is 0 Å². The predicted molar refractivity (Wildman–Crippen MR) is 213 cm³/mol. The number of rotatable bonds is 4. The number of hydrogen-bond donors (Lipinski definition) is 0. The van der Waals surface area contributed by atoms with Crippen molar-refractivity contribution in [2.75, 3.05) is 4.90 Å². The van der Waals surface area contributed by atoms with Gasteiger partial charge in [-0.25, -0.2) is 0 Å². The Morgan fingerprint density at radius 3 is 1.31 bits per heavy atom. The van der Waals surface area contributed by atoms with E-state index in [9.17, 15) is 0 Å². The molecule has 0 bridgehead atoms. The third kappa shape index (κ3) is 5.62. The summed E-state index contributed by atoms with van der Waals surface area (Å²) in [7, 11) is 0. The lowest BCUT2D eigenvalue weighted by Gasteiger charge is -2.29. The van der Waals surface area contributed by atoms with Crippen molar-refractivity contribution in [3.63, 3.8) is 0 Å². The minimum Gasteiger partial charge on any atom is -0.310 e. The van der Waals surface area contributed by atoms with E-state index < -0.39 is 0 Å². The standard InChI is InChI=1S/C48H45N/c1-30-21-31(2)23-42(22-30)49(40-19-16-39(17-20-40)48(6,7)8)41-18-13-35-27-44-45-28-36-24-33(32-11-14-38(15-12-32)47(3,4)5)9-10-34(36)26-43(45)46(44)29-37(35)25-41/h9-29H,1-8H3. The van der Waals surface area contributed by atoms with E-state index in [2.05, 4.69) is 188 Å². The van der Waals surface area contributed by atoms with Gasteiger partial charge in [-0.1, -0.05) is 102 Å². The maximum Gasteiger partial charge on any atom is 0.0468 e. The van der Waals surface area contributed by atoms with Gasteiger partial charge >= 0.3 is 0 Å². The van der Waals surface area contributed by atoms with E-state index in [1.54, 1.807) is 0 Å². The first-order valence-corrected chi connectivity index (χ1v) is 17.6.